The minimum absolute atomic E-state index is 0.214. The van der Waals surface area contributed by atoms with Crippen molar-refractivity contribution in [3.63, 3.8) is 0 Å². The number of allylic oxidation sites excluding steroid dienone is 1. The van der Waals surface area contributed by atoms with Crippen LogP contribution in [0.25, 0.3) is 0 Å². The lowest BCUT2D eigenvalue weighted by molar-refractivity contribution is -0.237. The van der Waals surface area contributed by atoms with Crippen LogP contribution in [0.2, 0.25) is 0 Å². The molecule has 0 amide bonds. The first-order valence-electron chi connectivity index (χ1n) is 11.3. The molecule has 0 radical (unpaired) electrons. The fraction of sp³-hybridized carbons (Fsp3) is 0.870. The number of hydrogen-bond acceptors (Lipinski definition) is 5. The van der Waals surface area contributed by atoms with E-state index in [2.05, 4.69) is 13.0 Å². The molecule has 0 aromatic rings. The maximum absolute atomic E-state index is 12.5. The van der Waals surface area contributed by atoms with Crippen molar-refractivity contribution >= 4 is 6.29 Å². The summed E-state index contributed by atoms with van der Waals surface area (Å²) in [6.07, 6.45) is 11.7. The molecule has 0 aromatic heterocycles. The molecular weight excluding hydrogens is 356 g/mol. The molecule has 0 aromatic carbocycles. The molecule has 0 unspecified atom stereocenters. The van der Waals surface area contributed by atoms with Crippen LogP contribution >= 0.6 is 0 Å². The van der Waals surface area contributed by atoms with E-state index in [1.165, 1.54) is 6.29 Å². The van der Waals surface area contributed by atoms with Gasteiger partial charge in [-0.05, 0) is 55.3 Å². The average molecular weight is 389 g/mol. The molecule has 2 heterocycles. The van der Waals surface area contributed by atoms with Gasteiger partial charge in [-0.2, -0.15) is 0 Å². The number of carbonyl (C=O) groups is 1. The Morgan fingerprint density at radius 2 is 1.64 bits per heavy atom. The van der Waals surface area contributed by atoms with Gasteiger partial charge >= 0.3 is 0 Å². The molecule has 2 spiro atoms. The van der Waals surface area contributed by atoms with E-state index in [1.807, 2.05) is 0 Å². The highest BCUT2D eigenvalue weighted by Crippen LogP contribution is 2.68. The Morgan fingerprint density at radius 3 is 2.39 bits per heavy atom. The molecule has 5 heteroatoms. The first-order valence-corrected chi connectivity index (χ1v) is 11.3. The first kappa shape index (κ1) is 18.1. The summed E-state index contributed by atoms with van der Waals surface area (Å²) in [7, 11) is 0. The van der Waals surface area contributed by atoms with E-state index < -0.39 is 11.2 Å². The normalized spacial score (nSPS) is 48.2. The molecule has 2 saturated heterocycles. The number of aldehydes is 1. The topological polar surface area (TPSA) is 54.0 Å². The van der Waals surface area contributed by atoms with Gasteiger partial charge in [0.1, 0.15) is 6.29 Å². The van der Waals surface area contributed by atoms with E-state index in [0.717, 1.165) is 64.6 Å². The van der Waals surface area contributed by atoms with Crippen molar-refractivity contribution in [2.45, 2.75) is 69.9 Å². The summed E-state index contributed by atoms with van der Waals surface area (Å²) < 4.78 is 24.3. The number of hydrogen-bond donors (Lipinski definition) is 0. The Hall–Kier alpha value is -0.750. The summed E-state index contributed by atoms with van der Waals surface area (Å²) in [6.45, 7) is 5.17. The van der Waals surface area contributed by atoms with Crippen LogP contribution in [0.1, 0.15) is 58.3 Å². The van der Waals surface area contributed by atoms with Gasteiger partial charge in [0.15, 0.2) is 11.6 Å². The van der Waals surface area contributed by atoms with Crippen molar-refractivity contribution in [2.24, 2.45) is 28.6 Å². The van der Waals surface area contributed by atoms with Gasteiger partial charge in [0.05, 0.1) is 31.8 Å². The second-order valence-corrected chi connectivity index (χ2v) is 10.2. The highest BCUT2D eigenvalue weighted by Gasteiger charge is 2.69. The second kappa shape index (κ2) is 5.90. The molecule has 2 aliphatic heterocycles. The third kappa shape index (κ3) is 2.09. The lowest BCUT2D eigenvalue weighted by Crippen LogP contribution is -2.57. The largest absolute Gasteiger partial charge is 0.347 e. The SMILES string of the molecule is C[C@]12CCC3(CC1=CC[C@@H]1[C@@H]2CC[C@@]2(C=O)[C@H]1CCC21OCCO1)OCCO3. The fourth-order valence-corrected chi connectivity index (χ4v) is 8.14. The molecule has 6 aliphatic rings. The minimum atomic E-state index is -0.641. The second-order valence-electron chi connectivity index (χ2n) is 10.2. The summed E-state index contributed by atoms with van der Waals surface area (Å²) in [6, 6.07) is 0. The Bertz CT molecular complexity index is 704. The first-order chi connectivity index (χ1) is 13.6. The zero-order chi connectivity index (χ0) is 19.0. The Kier molecular flexibility index (Phi) is 3.81. The van der Waals surface area contributed by atoms with Crippen LogP contribution in [-0.2, 0) is 23.7 Å². The van der Waals surface area contributed by atoms with E-state index in [1.54, 1.807) is 5.57 Å². The Balaban J connectivity index is 1.34. The number of fused-ring (bicyclic) bond motifs is 6. The van der Waals surface area contributed by atoms with Crippen LogP contribution < -0.4 is 0 Å². The standard InChI is InChI=1S/C23H32O5/c1-20-8-9-22(25-10-11-26-22)14-16(20)2-3-17-18(20)4-6-21(15-24)19(17)5-7-23(21)27-12-13-28-23/h2,15,17-19H,3-14H2,1H3/t17-,18+,19+,20+,21-/m1/s1. The smallest absolute Gasteiger partial charge is 0.180 e. The lowest BCUT2D eigenvalue weighted by atomic mass is 9.47. The lowest BCUT2D eigenvalue weighted by Gasteiger charge is -2.58. The highest BCUT2D eigenvalue weighted by molar-refractivity contribution is 5.64. The van der Waals surface area contributed by atoms with Crippen molar-refractivity contribution in [3.05, 3.63) is 11.6 Å². The number of ether oxygens (including phenoxy) is 4. The average Bonchev–Trinajstić information content (AvgIpc) is 3.44. The third-order valence-corrected chi connectivity index (χ3v) is 9.51. The molecule has 4 aliphatic carbocycles. The van der Waals surface area contributed by atoms with Crippen molar-refractivity contribution in [1.29, 1.82) is 0 Å². The number of carbonyl (C=O) groups excluding carboxylic acids is 1. The summed E-state index contributed by atoms with van der Waals surface area (Å²) in [5, 5.41) is 0. The van der Waals surface area contributed by atoms with Gasteiger partial charge in [-0.15, -0.1) is 0 Å². The third-order valence-electron chi connectivity index (χ3n) is 9.51. The predicted octanol–water partition coefficient (Wildman–Crippen LogP) is 3.61. The quantitative estimate of drug-likeness (QED) is 0.507. The van der Waals surface area contributed by atoms with Crippen molar-refractivity contribution in [1.82, 2.24) is 0 Å². The van der Waals surface area contributed by atoms with E-state index >= 15 is 0 Å². The van der Waals surface area contributed by atoms with Crippen molar-refractivity contribution in [3.8, 4) is 0 Å². The Morgan fingerprint density at radius 1 is 0.929 bits per heavy atom. The minimum Gasteiger partial charge on any atom is -0.347 e. The molecule has 154 valence electrons. The van der Waals surface area contributed by atoms with Gasteiger partial charge in [0, 0.05) is 19.3 Å². The maximum Gasteiger partial charge on any atom is 0.180 e. The summed E-state index contributed by atoms with van der Waals surface area (Å²) in [5.41, 5.74) is 1.31. The highest BCUT2D eigenvalue weighted by atomic mass is 16.7. The molecule has 0 N–H and O–H groups in total. The number of rotatable bonds is 1. The maximum atomic E-state index is 12.5. The van der Waals surface area contributed by atoms with E-state index in [4.69, 9.17) is 18.9 Å². The van der Waals surface area contributed by atoms with E-state index in [-0.39, 0.29) is 11.2 Å². The zero-order valence-corrected chi connectivity index (χ0v) is 16.9. The predicted molar refractivity (Wildman–Crippen MR) is 101 cm³/mol. The molecule has 5 atom stereocenters. The van der Waals surface area contributed by atoms with Crippen LogP contribution in [0.5, 0.6) is 0 Å². The molecule has 0 bridgehead atoms. The molecule has 28 heavy (non-hydrogen) atoms. The van der Waals surface area contributed by atoms with Gasteiger partial charge < -0.3 is 23.7 Å². The van der Waals surface area contributed by atoms with Crippen LogP contribution in [0.3, 0.4) is 0 Å². The van der Waals surface area contributed by atoms with Crippen molar-refractivity contribution in [2.75, 3.05) is 26.4 Å². The summed E-state index contributed by atoms with van der Waals surface area (Å²) in [5.74, 6) is 0.575. The van der Waals surface area contributed by atoms with Crippen molar-refractivity contribution < 1.29 is 23.7 Å². The van der Waals surface area contributed by atoms with Crippen LogP contribution in [0.4, 0.5) is 0 Å². The van der Waals surface area contributed by atoms with Gasteiger partial charge in [-0.25, -0.2) is 0 Å². The van der Waals surface area contributed by atoms with E-state index in [0.29, 0.717) is 31.0 Å². The van der Waals surface area contributed by atoms with Crippen LogP contribution in [-0.4, -0.2) is 44.3 Å². The van der Waals surface area contributed by atoms with Gasteiger partial charge in [-0.1, -0.05) is 18.6 Å². The van der Waals surface area contributed by atoms with Gasteiger partial charge in [0.2, 0.25) is 0 Å². The van der Waals surface area contributed by atoms with Gasteiger partial charge in [0.25, 0.3) is 0 Å². The monoisotopic (exact) mass is 388 g/mol. The zero-order valence-electron chi connectivity index (χ0n) is 16.9. The molecule has 3 saturated carbocycles. The molecular formula is C23H32O5. The molecule has 6 rings (SSSR count). The summed E-state index contributed by atoms with van der Waals surface area (Å²) in [4.78, 5) is 12.5. The summed E-state index contributed by atoms with van der Waals surface area (Å²) >= 11 is 0. The Labute approximate surface area is 167 Å². The molecule has 5 nitrogen and oxygen atoms in total. The van der Waals surface area contributed by atoms with Gasteiger partial charge in [-0.3, -0.25) is 0 Å². The van der Waals surface area contributed by atoms with Crippen LogP contribution in [0, 0.1) is 28.6 Å². The fourth-order valence-electron chi connectivity index (χ4n) is 8.14. The van der Waals surface area contributed by atoms with E-state index in [9.17, 15) is 4.79 Å². The van der Waals surface area contributed by atoms with Crippen LogP contribution in [0.15, 0.2) is 11.6 Å². The molecule has 5 fully saturated rings.